The lowest BCUT2D eigenvalue weighted by Gasteiger charge is -2.43. The molecule has 6 heteroatoms. The number of Topliss-reactive ketones (excluding diaryl/α,β-unsaturated/α-hetero) is 1. The second-order valence-corrected chi connectivity index (χ2v) is 12.0. The predicted octanol–water partition coefficient (Wildman–Crippen LogP) is 6.64. The van der Waals surface area contributed by atoms with Gasteiger partial charge in [-0.25, -0.2) is 0 Å². The van der Waals surface area contributed by atoms with Crippen molar-refractivity contribution in [1.82, 2.24) is 0 Å². The Bertz CT molecular complexity index is 1190. The number of nitriles is 1. The van der Waals surface area contributed by atoms with E-state index < -0.39 is 5.92 Å². The van der Waals surface area contributed by atoms with Gasteiger partial charge in [0.05, 0.1) is 17.6 Å². The maximum Gasteiger partial charge on any atom is 0.162 e. The average molecular weight is 466 g/mol. The Labute approximate surface area is 199 Å². The molecule has 0 amide bonds. The molecule has 4 rings (SSSR count). The molecule has 1 unspecified atom stereocenters. The Balaban J connectivity index is 1.96. The summed E-state index contributed by atoms with van der Waals surface area (Å²) in [5.74, 6) is 0.0456. The zero-order valence-corrected chi connectivity index (χ0v) is 20.7. The molecule has 166 valence electrons. The standard InChI is InChI=1S/C26H28ClN3OS/c1-25(2,3)21-11-10-20(32-21)22-17(14-28)24(29)30(16-8-6-15(27)7-9-16)18-12-26(4,5)13-19(31)23(18)22/h6-11,22H,12-13,29H2,1-5H3. The first kappa shape index (κ1) is 22.6. The monoisotopic (exact) mass is 465 g/mol. The van der Waals surface area contributed by atoms with E-state index in [1.165, 1.54) is 4.88 Å². The number of benzene rings is 1. The van der Waals surface area contributed by atoms with E-state index in [9.17, 15) is 10.1 Å². The van der Waals surface area contributed by atoms with Crippen molar-refractivity contribution in [3.8, 4) is 6.07 Å². The normalized spacial score (nSPS) is 21.0. The van der Waals surface area contributed by atoms with E-state index in [4.69, 9.17) is 17.3 Å². The van der Waals surface area contributed by atoms with Gasteiger partial charge in [0.15, 0.2) is 5.78 Å². The van der Waals surface area contributed by atoms with Crippen LogP contribution < -0.4 is 10.6 Å². The third kappa shape index (κ3) is 3.87. The molecule has 4 nitrogen and oxygen atoms in total. The van der Waals surface area contributed by atoms with Crippen LogP contribution in [0, 0.1) is 16.7 Å². The highest BCUT2D eigenvalue weighted by atomic mass is 35.5. The van der Waals surface area contributed by atoms with Crippen molar-refractivity contribution >= 4 is 34.4 Å². The molecule has 1 aliphatic carbocycles. The number of carbonyl (C=O) groups excluding carboxylic acids is 1. The van der Waals surface area contributed by atoms with Gasteiger partial charge >= 0.3 is 0 Å². The number of rotatable bonds is 2. The van der Waals surface area contributed by atoms with Crippen LogP contribution >= 0.6 is 22.9 Å². The van der Waals surface area contributed by atoms with Crippen molar-refractivity contribution in [1.29, 1.82) is 5.26 Å². The van der Waals surface area contributed by atoms with Gasteiger partial charge < -0.3 is 5.73 Å². The summed E-state index contributed by atoms with van der Waals surface area (Å²) in [4.78, 5) is 17.7. The van der Waals surface area contributed by atoms with Crippen LogP contribution in [-0.2, 0) is 10.2 Å². The van der Waals surface area contributed by atoms with Gasteiger partial charge in [-0.1, -0.05) is 46.2 Å². The summed E-state index contributed by atoms with van der Waals surface area (Å²) in [6, 6.07) is 13.9. The van der Waals surface area contributed by atoms with E-state index in [2.05, 4.69) is 52.8 Å². The van der Waals surface area contributed by atoms with E-state index in [1.807, 2.05) is 17.0 Å². The molecule has 32 heavy (non-hydrogen) atoms. The van der Waals surface area contributed by atoms with Crippen molar-refractivity contribution in [2.75, 3.05) is 4.90 Å². The van der Waals surface area contributed by atoms with E-state index in [1.54, 1.807) is 23.5 Å². The lowest BCUT2D eigenvalue weighted by molar-refractivity contribution is -0.118. The van der Waals surface area contributed by atoms with Gasteiger partial charge in [0.2, 0.25) is 0 Å². The number of ketones is 1. The summed E-state index contributed by atoms with van der Waals surface area (Å²) >= 11 is 7.77. The number of hydrogen-bond acceptors (Lipinski definition) is 5. The summed E-state index contributed by atoms with van der Waals surface area (Å²) in [7, 11) is 0. The van der Waals surface area contributed by atoms with Crippen LogP contribution in [0.1, 0.15) is 63.1 Å². The van der Waals surface area contributed by atoms with Crippen LogP contribution in [0.4, 0.5) is 5.69 Å². The van der Waals surface area contributed by atoms with Gasteiger partial charge in [-0.15, -0.1) is 11.3 Å². The Hall–Kier alpha value is -2.55. The van der Waals surface area contributed by atoms with Gasteiger partial charge in [0, 0.05) is 38.2 Å². The maximum atomic E-state index is 13.6. The largest absolute Gasteiger partial charge is 0.384 e. The fraction of sp³-hybridized carbons (Fsp3) is 0.385. The third-order valence-corrected chi connectivity index (χ3v) is 7.94. The molecule has 0 saturated carbocycles. The smallest absolute Gasteiger partial charge is 0.162 e. The molecule has 1 aromatic carbocycles. The summed E-state index contributed by atoms with van der Waals surface area (Å²) in [5, 5.41) is 10.8. The Kier molecular flexibility index (Phi) is 5.51. The zero-order valence-electron chi connectivity index (χ0n) is 19.1. The number of nitrogens with zero attached hydrogens (tertiary/aromatic N) is 2. The minimum absolute atomic E-state index is 0.00916. The molecule has 2 N–H and O–H groups in total. The molecule has 2 aromatic rings. The molecule has 1 aromatic heterocycles. The Morgan fingerprint density at radius 1 is 1.16 bits per heavy atom. The van der Waals surface area contributed by atoms with Crippen molar-refractivity contribution < 1.29 is 4.79 Å². The minimum Gasteiger partial charge on any atom is -0.384 e. The first-order valence-electron chi connectivity index (χ1n) is 10.7. The molecule has 0 radical (unpaired) electrons. The molecule has 1 atom stereocenters. The second-order valence-electron chi connectivity index (χ2n) is 10.4. The van der Waals surface area contributed by atoms with Gasteiger partial charge in [-0.3, -0.25) is 9.69 Å². The number of nitrogens with two attached hydrogens (primary N) is 1. The Morgan fingerprint density at radius 3 is 2.38 bits per heavy atom. The zero-order chi connectivity index (χ0) is 23.4. The fourth-order valence-electron chi connectivity index (χ4n) is 4.59. The second kappa shape index (κ2) is 7.79. The number of halogens is 1. The first-order chi connectivity index (χ1) is 14.9. The molecular formula is C26H28ClN3OS. The first-order valence-corrected chi connectivity index (χ1v) is 11.9. The quantitative estimate of drug-likeness (QED) is 0.539. The number of allylic oxidation sites excluding steroid dienone is 3. The SMILES string of the molecule is CC1(C)CC(=O)C2=C(C1)N(c1ccc(Cl)cc1)C(N)=C(C#N)C2c1ccc(C(C)(C)C)s1. The van der Waals surface area contributed by atoms with E-state index >= 15 is 0 Å². The molecule has 2 aliphatic rings. The summed E-state index contributed by atoms with van der Waals surface area (Å²) < 4.78 is 0. The van der Waals surface area contributed by atoms with Crippen LogP contribution in [0.25, 0.3) is 0 Å². The molecule has 0 spiro atoms. The third-order valence-electron chi connectivity index (χ3n) is 6.12. The number of anilines is 1. The number of thiophene rings is 1. The average Bonchev–Trinajstić information content (AvgIpc) is 3.18. The van der Waals surface area contributed by atoms with Crippen molar-refractivity contribution in [3.63, 3.8) is 0 Å². The van der Waals surface area contributed by atoms with E-state index in [0.29, 0.717) is 34.8 Å². The van der Waals surface area contributed by atoms with Crippen molar-refractivity contribution in [2.45, 2.75) is 58.8 Å². The molecule has 0 fully saturated rings. The number of carbonyl (C=O) groups is 1. The lowest BCUT2D eigenvalue weighted by atomic mass is 9.69. The highest BCUT2D eigenvalue weighted by Gasteiger charge is 2.45. The van der Waals surface area contributed by atoms with Crippen LogP contribution in [0.3, 0.4) is 0 Å². The summed E-state index contributed by atoms with van der Waals surface area (Å²) in [6.07, 6.45) is 1.15. The molecule has 2 heterocycles. The molecule has 1 aliphatic heterocycles. The van der Waals surface area contributed by atoms with Crippen LogP contribution in [0.15, 0.2) is 59.1 Å². The molecule has 0 saturated heterocycles. The minimum atomic E-state index is -0.428. The summed E-state index contributed by atoms with van der Waals surface area (Å²) in [5.41, 5.74) is 9.29. The highest BCUT2D eigenvalue weighted by molar-refractivity contribution is 7.12. The molecular weight excluding hydrogens is 438 g/mol. The van der Waals surface area contributed by atoms with E-state index in [0.717, 1.165) is 16.3 Å². The highest BCUT2D eigenvalue weighted by Crippen LogP contribution is 2.51. The topological polar surface area (TPSA) is 70.1 Å². The van der Waals surface area contributed by atoms with Crippen molar-refractivity contribution in [3.05, 3.63) is 73.8 Å². The van der Waals surface area contributed by atoms with Crippen LogP contribution in [-0.4, -0.2) is 5.78 Å². The van der Waals surface area contributed by atoms with Gasteiger partial charge in [0.25, 0.3) is 0 Å². The Morgan fingerprint density at radius 2 is 1.81 bits per heavy atom. The van der Waals surface area contributed by atoms with E-state index in [-0.39, 0.29) is 16.6 Å². The maximum absolute atomic E-state index is 13.6. The number of hydrogen-bond donors (Lipinski definition) is 1. The summed E-state index contributed by atoms with van der Waals surface area (Å²) in [6.45, 7) is 10.7. The predicted molar refractivity (Wildman–Crippen MR) is 132 cm³/mol. The van der Waals surface area contributed by atoms with Crippen molar-refractivity contribution in [2.24, 2.45) is 11.1 Å². The van der Waals surface area contributed by atoms with Crippen LogP contribution in [0.2, 0.25) is 5.02 Å². The lowest BCUT2D eigenvalue weighted by Crippen LogP contribution is -2.42. The van der Waals surface area contributed by atoms with Gasteiger partial charge in [-0.2, -0.15) is 5.26 Å². The molecule has 0 bridgehead atoms. The fourth-order valence-corrected chi connectivity index (χ4v) is 5.90. The van der Waals surface area contributed by atoms with Gasteiger partial charge in [-0.05, 0) is 53.6 Å². The van der Waals surface area contributed by atoms with Crippen LogP contribution in [0.5, 0.6) is 0 Å². The van der Waals surface area contributed by atoms with Gasteiger partial charge in [0.1, 0.15) is 5.82 Å².